The van der Waals surface area contributed by atoms with Crippen LogP contribution in [0.4, 0.5) is 0 Å². The Labute approximate surface area is 122 Å². The molecule has 1 fully saturated rings. The van der Waals surface area contributed by atoms with E-state index in [1.165, 1.54) is 6.92 Å². The van der Waals surface area contributed by atoms with Gasteiger partial charge in [0.25, 0.3) is 15.0 Å². The summed E-state index contributed by atoms with van der Waals surface area (Å²) < 4.78 is 23.2. The lowest BCUT2D eigenvalue weighted by Gasteiger charge is -2.27. The lowest BCUT2D eigenvalue weighted by Crippen LogP contribution is -2.39. The number of nitrogens with one attached hydrogen (secondary N) is 1. The van der Waals surface area contributed by atoms with E-state index in [0.717, 1.165) is 25.7 Å². The van der Waals surface area contributed by atoms with Crippen LogP contribution in [0.5, 0.6) is 0 Å². The standard InChI is InChI=1S/C12H18ClN3O3S/c1-3-16(9-6-4-5-7-9)12(17)10-11(20(13,18)19)8(2)14-15-10/h9H,3-7H2,1-2H3,(H,14,15). The van der Waals surface area contributed by atoms with Gasteiger partial charge in [0, 0.05) is 23.3 Å². The Bertz CT molecular complexity index is 605. The van der Waals surface area contributed by atoms with Crippen molar-refractivity contribution in [2.75, 3.05) is 6.54 Å². The molecule has 8 heteroatoms. The summed E-state index contributed by atoms with van der Waals surface area (Å²) in [6.07, 6.45) is 4.08. The van der Waals surface area contributed by atoms with E-state index < -0.39 is 9.05 Å². The van der Waals surface area contributed by atoms with Crippen LogP contribution in [0, 0.1) is 6.92 Å². The molecule has 1 amide bonds. The van der Waals surface area contributed by atoms with E-state index in [-0.39, 0.29) is 28.2 Å². The van der Waals surface area contributed by atoms with Gasteiger partial charge >= 0.3 is 0 Å². The number of H-pyrrole nitrogens is 1. The largest absolute Gasteiger partial charge is 0.335 e. The van der Waals surface area contributed by atoms with Crippen LogP contribution in [-0.4, -0.2) is 42.0 Å². The number of hydrogen-bond donors (Lipinski definition) is 1. The number of aryl methyl sites for hydroxylation is 1. The highest BCUT2D eigenvalue weighted by Gasteiger charge is 2.33. The number of carbonyl (C=O) groups is 1. The van der Waals surface area contributed by atoms with Crippen LogP contribution < -0.4 is 0 Å². The minimum absolute atomic E-state index is 0.105. The molecular weight excluding hydrogens is 302 g/mol. The van der Waals surface area contributed by atoms with Crippen molar-refractivity contribution in [2.24, 2.45) is 0 Å². The van der Waals surface area contributed by atoms with E-state index in [9.17, 15) is 13.2 Å². The quantitative estimate of drug-likeness (QED) is 0.861. The van der Waals surface area contributed by atoms with Gasteiger partial charge in [-0.15, -0.1) is 0 Å². The number of nitrogens with zero attached hydrogens (tertiary/aromatic N) is 2. The molecule has 1 N–H and O–H groups in total. The Hall–Kier alpha value is -1.08. The molecule has 1 heterocycles. The topological polar surface area (TPSA) is 83.1 Å². The van der Waals surface area contributed by atoms with Crippen LogP contribution >= 0.6 is 10.7 Å². The molecular formula is C12H18ClN3O3S. The van der Waals surface area contributed by atoms with Crippen LogP contribution in [0.3, 0.4) is 0 Å². The summed E-state index contributed by atoms with van der Waals surface area (Å²) >= 11 is 0. The number of amides is 1. The van der Waals surface area contributed by atoms with Crippen LogP contribution in [-0.2, 0) is 9.05 Å². The minimum Gasteiger partial charge on any atom is -0.335 e. The average Bonchev–Trinajstić information content (AvgIpc) is 2.98. The van der Waals surface area contributed by atoms with Gasteiger partial charge < -0.3 is 4.90 Å². The van der Waals surface area contributed by atoms with Crippen molar-refractivity contribution in [3.63, 3.8) is 0 Å². The van der Waals surface area contributed by atoms with Gasteiger partial charge in [0.1, 0.15) is 4.90 Å². The first-order valence-corrected chi connectivity index (χ1v) is 8.97. The normalized spacial score (nSPS) is 16.6. The third-order valence-corrected chi connectivity index (χ3v) is 5.15. The van der Waals surface area contributed by atoms with Gasteiger partial charge in [0.2, 0.25) is 0 Å². The summed E-state index contributed by atoms with van der Waals surface area (Å²) in [5.41, 5.74) is 0.178. The maximum Gasteiger partial charge on any atom is 0.276 e. The summed E-state index contributed by atoms with van der Waals surface area (Å²) in [5.74, 6) is -0.372. The fraction of sp³-hybridized carbons (Fsp3) is 0.667. The molecule has 1 aromatic heterocycles. The third kappa shape index (κ3) is 2.83. The first kappa shape index (κ1) is 15.3. The Balaban J connectivity index is 2.38. The molecule has 0 spiro atoms. The monoisotopic (exact) mass is 319 g/mol. The molecule has 112 valence electrons. The SMILES string of the molecule is CCN(C(=O)c1n[nH]c(C)c1S(=O)(=O)Cl)C1CCCC1. The zero-order chi connectivity index (χ0) is 14.9. The number of carbonyl (C=O) groups excluding carboxylic acids is 1. The van der Waals surface area contributed by atoms with Crippen LogP contribution in [0.25, 0.3) is 0 Å². The number of hydrogen-bond acceptors (Lipinski definition) is 4. The van der Waals surface area contributed by atoms with Crippen molar-refractivity contribution in [1.82, 2.24) is 15.1 Å². The van der Waals surface area contributed by atoms with E-state index >= 15 is 0 Å². The average molecular weight is 320 g/mol. The number of rotatable bonds is 4. The van der Waals surface area contributed by atoms with Crippen molar-refractivity contribution >= 4 is 25.6 Å². The summed E-state index contributed by atoms with van der Waals surface area (Å²) in [6.45, 7) is 3.94. The minimum atomic E-state index is -4.00. The maximum atomic E-state index is 12.6. The highest BCUT2D eigenvalue weighted by molar-refractivity contribution is 8.13. The van der Waals surface area contributed by atoms with Gasteiger partial charge in [-0.1, -0.05) is 12.8 Å². The second kappa shape index (κ2) is 5.73. The maximum absolute atomic E-state index is 12.6. The molecule has 0 radical (unpaired) electrons. The van der Waals surface area contributed by atoms with Crippen LogP contribution in [0.15, 0.2) is 4.90 Å². The summed E-state index contributed by atoms with van der Waals surface area (Å²) in [6, 6.07) is 0.162. The molecule has 0 atom stereocenters. The van der Waals surface area contributed by atoms with E-state index in [4.69, 9.17) is 10.7 Å². The van der Waals surface area contributed by atoms with E-state index in [1.807, 2.05) is 6.92 Å². The lowest BCUT2D eigenvalue weighted by atomic mass is 10.2. The summed E-state index contributed by atoms with van der Waals surface area (Å²) in [4.78, 5) is 14.0. The second-order valence-electron chi connectivity index (χ2n) is 4.99. The predicted molar refractivity (Wildman–Crippen MR) is 75.3 cm³/mol. The van der Waals surface area contributed by atoms with Crippen LogP contribution in [0.2, 0.25) is 0 Å². The molecule has 0 aromatic carbocycles. The molecule has 0 unspecified atom stereocenters. The Morgan fingerprint density at radius 2 is 2.05 bits per heavy atom. The summed E-state index contributed by atoms with van der Waals surface area (Å²) in [7, 11) is 1.40. The van der Waals surface area contributed by atoms with Gasteiger partial charge in [0.15, 0.2) is 5.69 Å². The fourth-order valence-electron chi connectivity index (χ4n) is 2.78. The van der Waals surface area contributed by atoms with Gasteiger partial charge in [0.05, 0.1) is 5.69 Å². The van der Waals surface area contributed by atoms with Crippen LogP contribution in [0.1, 0.15) is 48.8 Å². The highest BCUT2D eigenvalue weighted by atomic mass is 35.7. The molecule has 6 nitrogen and oxygen atoms in total. The Kier molecular flexibility index (Phi) is 4.39. The van der Waals surface area contributed by atoms with E-state index in [2.05, 4.69) is 10.2 Å². The first-order valence-electron chi connectivity index (χ1n) is 6.66. The Morgan fingerprint density at radius 1 is 1.45 bits per heavy atom. The summed E-state index contributed by atoms with van der Waals surface area (Å²) in [5, 5.41) is 6.38. The molecule has 20 heavy (non-hydrogen) atoms. The van der Waals surface area contributed by atoms with Crippen molar-refractivity contribution in [2.45, 2.75) is 50.5 Å². The first-order chi connectivity index (χ1) is 9.36. The molecule has 1 saturated carbocycles. The lowest BCUT2D eigenvalue weighted by molar-refractivity contribution is 0.0683. The van der Waals surface area contributed by atoms with Gasteiger partial charge in [-0.25, -0.2) is 8.42 Å². The number of aromatic nitrogens is 2. The van der Waals surface area contributed by atoms with Gasteiger partial charge in [-0.05, 0) is 26.7 Å². The fourth-order valence-corrected chi connectivity index (χ4v) is 4.12. The van der Waals surface area contributed by atoms with Gasteiger partial charge in [-0.2, -0.15) is 5.10 Å². The highest BCUT2D eigenvalue weighted by Crippen LogP contribution is 2.27. The zero-order valence-corrected chi connectivity index (χ0v) is 13.1. The molecule has 2 rings (SSSR count). The van der Waals surface area contributed by atoms with Crippen molar-refractivity contribution < 1.29 is 13.2 Å². The molecule has 1 aliphatic carbocycles. The Morgan fingerprint density at radius 3 is 2.55 bits per heavy atom. The third-order valence-electron chi connectivity index (χ3n) is 3.70. The smallest absolute Gasteiger partial charge is 0.276 e. The number of halogens is 1. The molecule has 0 bridgehead atoms. The second-order valence-corrected chi connectivity index (χ2v) is 7.50. The molecule has 1 aromatic rings. The van der Waals surface area contributed by atoms with E-state index in [1.54, 1.807) is 4.90 Å². The van der Waals surface area contributed by atoms with Crippen molar-refractivity contribution in [3.8, 4) is 0 Å². The van der Waals surface area contributed by atoms with Crippen molar-refractivity contribution in [1.29, 1.82) is 0 Å². The zero-order valence-electron chi connectivity index (χ0n) is 11.5. The molecule has 0 aliphatic heterocycles. The number of aromatic amines is 1. The van der Waals surface area contributed by atoms with Crippen molar-refractivity contribution in [3.05, 3.63) is 11.4 Å². The van der Waals surface area contributed by atoms with E-state index in [0.29, 0.717) is 6.54 Å². The van der Waals surface area contributed by atoms with Gasteiger partial charge in [-0.3, -0.25) is 9.89 Å². The molecule has 0 saturated heterocycles. The molecule has 1 aliphatic rings. The predicted octanol–water partition coefficient (Wildman–Crippen LogP) is 2.05.